The number of hydrogen-bond donors (Lipinski definition) is 1. The number of hydrogen-bond acceptors (Lipinski definition) is 8. The summed E-state index contributed by atoms with van der Waals surface area (Å²) in [4.78, 5) is 48.9. The number of nitro benzene ring substituents is 1. The molecule has 0 aliphatic carbocycles. The quantitative estimate of drug-likeness (QED) is 0.167. The highest BCUT2D eigenvalue weighted by molar-refractivity contribution is 7.87. The Hall–Kier alpha value is -4.55. The molecule has 0 bridgehead atoms. The molecule has 36 heavy (non-hydrogen) atoms. The highest BCUT2D eigenvalue weighted by Gasteiger charge is 2.37. The van der Waals surface area contributed by atoms with E-state index >= 15 is 0 Å². The van der Waals surface area contributed by atoms with E-state index in [4.69, 9.17) is 15.8 Å². The van der Waals surface area contributed by atoms with Crippen LogP contribution >= 0.6 is 11.6 Å². The number of non-ortho nitro benzene ring substituents is 1. The smallest absolute Gasteiger partial charge is 0.339 e. The number of imide groups is 2. The number of nitro groups is 1. The number of halogens is 1. The lowest BCUT2D eigenvalue weighted by molar-refractivity contribution is -0.384. The van der Waals surface area contributed by atoms with Gasteiger partial charge in [0.05, 0.1) is 10.6 Å². The lowest BCUT2D eigenvalue weighted by Crippen LogP contribution is -2.54. The van der Waals surface area contributed by atoms with Crippen LogP contribution in [0.25, 0.3) is 6.08 Å². The molecule has 1 aliphatic heterocycles. The van der Waals surface area contributed by atoms with Crippen LogP contribution in [0.5, 0.6) is 5.75 Å². The molecule has 1 N–H and O–H groups in total. The molecule has 3 aromatic rings. The van der Waals surface area contributed by atoms with Gasteiger partial charge in [-0.15, -0.1) is 0 Å². The van der Waals surface area contributed by atoms with Crippen LogP contribution < -0.4 is 14.4 Å². The Balaban J connectivity index is 1.76. The molecule has 0 radical (unpaired) electrons. The van der Waals surface area contributed by atoms with E-state index in [1.807, 2.05) is 5.32 Å². The molecule has 0 atom stereocenters. The number of nitrogens with zero attached hydrogens (tertiary/aromatic N) is 2. The fraction of sp³-hybridized carbons (Fsp3) is 0. The number of nitrogens with one attached hydrogen (secondary N) is 1. The summed E-state index contributed by atoms with van der Waals surface area (Å²) < 4.78 is 30.6. The van der Waals surface area contributed by atoms with Crippen molar-refractivity contribution in [1.82, 2.24) is 5.32 Å². The van der Waals surface area contributed by atoms with Gasteiger partial charge in [0.2, 0.25) is 0 Å². The maximum Gasteiger partial charge on any atom is 0.339 e. The Morgan fingerprint density at radius 1 is 0.972 bits per heavy atom. The number of anilines is 1. The second-order valence-corrected chi connectivity index (χ2v) is 9.25. The molecule has 11 nitrogen and oxygen atoms in total. The standard InChI is InChI=1S/C23H14ClN3O8S/c24-15-9-10-20(35-36(33,34)18-7-2-1-3-8-18)14(11-15)12-19-21(28)25-23(30)26(22(19)29)16-5-4-6-17(13-16)27(31)32/h1-13H,(H,25,28,30)/b19-12+. The summed E-state index contributed by atoms with van der Waals surface area (Å²) in [7, 11) is -4.28. The van der Waals surface area contributed by atoms with E-state index in [1.165, 1.54) is 60.7 Å². The third kappa shape index (κ3) is 4.94. The van der Waals surface area contributed by atoms with Crippen molar-refractivity contribution in [2.45, 2.75) is 4.90 Å². The average Bonchev–Trinajstić information content (AvgIpc) is 2.84. The van der Waals surface area contributed by atoms with Crippen LogP contribution in [0.2, 0.25) is 5.02 Å². The number of carbonyl (C=O) groups is 3. The second kappa shape index (κ2) is 9.60. The van der Waals surface area contributed by atoms with Crippen molar-refractivity contribution in [3.63, 3.8) is 0 Å². The molecule has 1 saturated heterocycles. The fourth-order valence-corrected chi connectivity index (χ4v) is 4.41. The summed E-state index contributed by atoms with van der Waals surface area (Å²) in [6.45, 7) is 0. The molecule has 1 heterocycles. The first kappa shape index (κ1) is 24.6. The van der Waals surface area contributed by atoms with Gasteiger partial charge in [0.1, 0.15) is 16.2 Å². The van der Waals surface area contributed by atoms with Gasteiger partial charge in [-0.2, -0.15) is 8.42 Å². The van der Waals surface area contributed by atoms with Crippen molar-refractivity contribution in [3.05, 3.63) is 99.1 Å². The summed E-state index contributed by atoms with van der Waals surface area (Å²) in [6, 6.07) is 14.7. The summed E-state index contributed by atoms with van der Waals surface area (Å²) in [5, 5.41) is 13.2. The number of amides is 4. The lowest BCUT2D eigenvalue weighted by Gasteiger charge is -2.26. The molecule has 4 amide bonds. The molecule has 0 saturated carbocycles. The minimum atomic E-state index is -4.28. The molecular weight excluding hydrogens is 514 g/mol. The Morgan fingerprint density at radius 3 is 2.39 bits per heavy atom. The number of barbiturate groups is 1. The molecule has 0 aromatic heterocycles. The molecule has 0 spiro atoms. The first-order chi connectivity index (χ1) is 17.1. The summed E-state index contributed by atoms with van der Waals surface area (Å²) in [6.07, 6.45) is 1.01. The number of urea groups is 1. The van der Waals surface area contributed by atoms with Crippen LogP contribution in [-0.4, -0.2) is 31.2 Å². The highest BCUT2D eigenvalue weighted by atomic mass is 35.5. The van der Waals surface area contributed by atoms with Crippen LogP contribution in [0, 0.1) is 10.1 Å². The van der Waals surface area contributed by atoms with E-state index < -0.39 is 38.5 Å². The molecule has 3 aromatic carbocycles. The summed E-state index contributed by atoms with van der Waals surface area (Å²) in [5.74, 6) is -2.40. The maximum absolute atomic E-state index is 13.1. The van der Waals surface area contributed by atoms with Crippen molar-refractivity contribution in [1.29, 1.82) is 0 Å². The van der Waals surface area contributed by atoms with E-state index in [2.05, 4.69) is 0 Å². The number of rotatable bonds is 6. The normalized spacial score (nSPS) is 15.1. The zero-order valence-electron chi connectivity index (χ0n) is 18.0. The van der Waals surface area contributed by atoms with Gasteiger partial charge in [0.25, 0.3) is 17.5 Å². The van der Waals surface area contributed by atoms with Gasteiger partial charge < -0.3 is 4.18 Å². The van der Waals surface area contributed by atoms with Gasteiger partial charge in [-0.1, -0.05) is 35.9 Å². The van der Waals surface area contributed by atoms with E-state index in [-0.39, 0.29) is 32.6 Å². The van der Waals surface area contributed by atoms with Gasteiger partial charge in [-0.3, -0.25) is 25.0 Å². The highest BCUT2D eigenvalue weighted by Crippen LogP contribution is 2.30. The molecule has 13 heteroatoms. The minimum Gasteiger partial charge on any atom is -0.378 e. The van der Waals surface area contributed by atoms with Crippen LogP contribution in [0.1, 0.15) is 5.56 Å². The van der Waals surface area contributed by atoms with E-state index in [1.54, 1.807) is 6.07 Å². The Morgan fingerprint density at radius 2 is 1.69 bits per heavy atom. The average molecular weight is 528 g/mol. The molecule has 1 fully saturated rings. The Kier molecular flexibility index (Phi) is 6.55. The van der Waals surface area contributed by atoms with Crippen LogP contribution in [0.3, 0.4) is 0 Å². The van der Waals surface area contributed by atoms with E-state index in [9.17, 15) is 32.9 Å². The predicted octanol–water partition coefficient (Wildman–Crippen LogP) is 3.68. The third-order valence-corrected chi connectivity index (χ3v) is 6.39. The molecular formula is C23H14ClN3O8S. The Bertz CT molecular complexity index is 1550. The van der Waals surface area contributed by atoms with Crippen LogP contribution in [-0.2, 0) is 19.7 Å². The first-order valence-electron chi connectivity index (χ1n) is 10.0. The molecule has 4 rings (SSSR count). The van der Waals surface area contributed by atoms with Crippen molar-refractivity contribution in [2.24, 2.45) is 0 Å². The maximum atomic E-state index is 13.1. The molecule has 182 valence electrons. The zero-order valence-corrected chi connectivity index (χ0v) is 19.5. The van der Waals surface area contributed by atoms with Crippen molar-refractivity contribution >= 4 is 57.0 Å². The monoisotopic (exact) mass is 527 g/mol. The van der Waals surface area contributed by atoms with Gasteiger partial charge >= 0.3 is 16.1 Å². The van der Waals surface area contributed by atoms with Gasteiger partial charge in [-0.05, 0) is 42.5 Å². The second-order valence-electron chi connectivity index (χ2n) is 7.27. The Labute approximate surface area is 208 Å². The van der Waals surface area contributed by atoms with Gasteiger partial charge in [-0.25, -0.2) is 9.69 Å². The van der Waals surface area contributed by atoms with Crippen molar-refractivity contribution in [2.75, 3.05) is 4.90 Å². The summed E-state index contributed by atoms with van der Waals surface area (Å²) in [5.41, 5.74) is -1.15. The predicted molar refractivity (Wildman–Crippen MR) is 128 cm³/mol. The van der Waals surface area contributed by atoms with Crippen LogP contribution in [0.4, 0.5) is 16.2 Å². The minimum absolute atomic E-state index is 0.0474. The van der Waals surface area contributed by atoms with Crippen molar-refractivity contribution in [3.8, 4) is 5.75 Å². The molecule has 1 aliphatic rings. The van der Waals surface area contributed by atoms with E-state index in [0.29, 0.717) is 4.90 Å². The largest absolute Gasteiger partial charge is 0.378 e. The zero-order chi connectivity index (χ0) is 26.0. The number of benzene rings is 3. The van der Waals surface area contributed by atoms with Gasteiger partial charge in [0, 0.05) is 22.7 Å². The summed E-state index contributed by atoms with van der Waals surface area (Å²) >= 11 is 6.04. The fourth-order valence-electron chi connectivity index (χ4n) is 3.25. The van der Waals surface area contributed by atoms with Crippen LogP contribution in [0.15, 0.2) is 83.3 Å². The topological polar surface area (TPSA) is 153 Å². The molecule has 0 unspecified atom stereocenters. The van der Waals surface area contributed by atoms with Gasteiger partial charge in [0.15, 0.2) is 0 Å². The van der Waals surface area contributed by atoms with E-state index in [0.717, 1.165) is 12.1 Å². The SMILES string of the molecule is O=C1NC(=O)N(c2cccc([N+](=O)[O-])c2)C(=O)/C1=C/c1cc(Cl)ccc1OS(=O)(=O)c1ccccc1. The lowest BCUT2D eigenvalue weighted by atomic mass is 10.1. The third-order valence-electron chi connectivity index (χ3n) is 4.90. The first-order valence-corrected chi connectivity index (χ1v) is 11.8. The van der Waals surface area contributed by atoms with Crippen molar-refractivity contribution < 1.29 is 31.9 Å². The number of carbonyl (C=O) groups excluding carboxylic acids is 3.